The van der Waals surface area contributed by atoms with Gasteiger partial charge in [0.25, 0.3) is 0 Å². The number of esters is 1. The van der Waals surface area contributed by atoms with Crippen molar-refractivity contribution in [3.8, 4) is 0 Å². The second-order valence-corrected chi connectivity index (χ2v) is 6.76. The molecule has 0 aliphatic carbocycles. The average molecular weight is 320 g/mol. The van der Waals surface area contributed by atoms with Gasteiger partial charge in [-0.1, -0.05) is 11.6 Å². The molecule has 1 aliphatic rings. The molecule has 0 spiro atoms. The number of halogens is 1. The highest BCUT2D eigenvalue weighted by Crippen LogP contribution is 2.42. The topological polar surface area (TPSA) is 46.6 Å². The van der Waals surface area contributed by atoms with Gasteiger partial charge >= 0.3 is 5.97 Å². The van der Waals surface area contributed by atoms with E-state index < -0.39 is 0 Å². The number of amides is 1. The van der Waals surface area contributed by atoms with Crippen molar-refractivity contribution in [3.63, 3.8) is 0 Å². The first kappa shape index (κ1) is 14.7. The summed E-state index contributed by atoms with van der Waals surface area (Å²) >= 11 is 8.96. The molecule has 1 aromatic heterocycles. The summed E-state index contributed by atoms with van der Waals surface area (Å²) in [5.41, 5.74) is 0. The van der Waals surface area contributed by atoms with Gasteiger partial charge in [0.15, 0.2) is 0 Å². The van der Waals surface area contributed by atoms with Crippen molar-refractivity contribution in [1.29, 1.82) is 0 Å². The fourth-order valence-electron chi connectivity index (χ4n) is 1.84. The van der Waals surface area contributed by atoms with Crippen LogP contribution < -0.4 is 0 Å². The monoisotopic (exact) mass is 319 g/mol. The summed E-state index contributed by atoms with van der Waals surface area (Å²) in [6, 6.07) is 3.76. The smallest absolute Gasteiger partial charge is 0.307 e. The fourth-order valence-corrected chi connectivity index (χ4v) is 4.35. The van der Waals surface area contributed by atoms with Crippen LogP contribution in [0.4, 0.5) is 0 Å². The summed E-state index contributed by atoms with van der Waals surface area (Å²) in [5.74, 6) is 0.238. The Balaban J connectivity index is 2.00. The van der Waals surface area contributed by atoms with Crippen LogP contribution in [-0.2, 0) is 14.3 Å². The van der Waals surface area contributed by atoms with Gasteiger partial charge in [0.2, 0.25) is 5.91 Å². The standard InChI is InChI=1S/C12H14ClNO3S2/c1-2-17-11(16)5-6-14-10(15)7-18-12(14)8-3-4-9(13)19-8/h3-4,12H,2,5-7H2,1H3. The van der Waals surface area contributed by atoms with Gasteiger partial charge in [-0.05, 0) is 19.1 Å². The Morgan fingerprint density at radius 1 is 1.58 bits per heavy atom. The van der Waals surface area contributed by atoms with Crippen LogP contribution in [0.2, 0.25) is 4.34 Å². The van der Waals surface area contributed by atoms with Crippen LogP contribution in [0.3, 0.4) is 0 Å². The van der Waals surface area contributed by atoms with E-state index in [2.05, 4.69) is 0 Å². The molecule has 1 aliphatic heterocycles. The second-order valence-electron chi connectivity index (χ2n) is 3.95. The first-order valence-corrected chi connectivity index (χ1v) is 8.18. The van der Waals surface area contributed by atoms with E-state index in [0.29, 0.717) is 23.2 Å². The first-order valence-electron chi connectivity index (χ1n) is 5.93. The van der Waals surface area contributed by atoms with Gasteiger partial charge in [-0.25, -0.2) is 0 Å². The van der Waals surface area contributed by atoms with Crippen molar-refractivity contribution in [1.82, 2.24) is 4.90 Å². The van der Waals surface area contributed by atoms with E-state index in [9.17, 15) is 9.59 Å². The molecule has 0 aromatic carbocycles. The lowest BCUT2D eigenvalue weighted by atomic mass is 10.3. The Kier molecular flexibility index (Phi) is 5.13. The molecule has 0 radical (unpaired) electrons. The summed E-state index contributed by atoms with van der Waals surface area (Å²) in [6.07, 6.45) is 0.232. The number of carbonyl (C=O) groups is 2. The van der Waals surface area contributed by atoms with Crippen LogP contribution in [0.15, 0.2) is 12.1 Å². The van der Waals surface area contributed by atoms with Crippen LogP contribution in [0.25, 0.3) is 0 Å². The molecule has 1 unspecified atom stereocenters. The van der Waals surface area contributed by atoms with Gasteiger partial charge < -0.3 is 9.64 Å². The Morgan fingerprint density at radius 2 is 2.37 bits per heavy atom. The number of thioether (sulfide) groups is 1. The summed E-state index contributed by atoms with van der Waals surface area (Å²) < 4.78 is 5.59. The highest BCUT2D eigenvalue weighted by molar-refractivity contribution is 8.00. The number of nitrogens with zero attached hydrogens (tertiary/aromatic N) is 1. The van der Waals surface area contributed by atoms with Crippen molar-refractivity contribution in [2.24, 2.45) is 0 Å². The maximum atomic E-state index is 11.9. The summed E-state index contributed by atoms with van der Waals surface area (Å²) in [7, 11) is 0. The van der Waals surface area contributed by atoms with E-state index >= 15 is 0 Å². The lowest BCUT2D eigenvalue weighted by molar-refractivity contribution is -0.143. The predicted octanol–water partition coefficient (Wildman–Crippen LogP) is 2.93. The van der Waals surface area contributed by atoms with Crippen molar-refractivity contribution in [2.75, 3.05) is 18.9 Å². The molecule has 2 heterocycles. The minimum absolute atomic E-state index is 0.0283. The molecule has 19 heavy (non-hydrogen) atoms. The highest BCUT2D eigenvalue weighted by atomic mass is 35.5. The normalized spacial score (nSPS) is 18.9. The zero-order chi connectivity index (χ0) is 13.8. The average Bonchev–Trinajstić information content (AvgIpc) is 2.94. The molecule has 104 valence electrons. The van der Waals surface area contributed by atoms with Gasteiger partial charge in [-0.2, -0.15) is 0 Å². The molecular weight excluding hydrogens is 306 g/mol. The highest BCUT2D eigenvalue weighted by Gasteiger charge is 2.33. The van der Waals surface area contributed by atoms with Gasteiger partial charge in [0.05, 0.1) is 23.1 Å². The van der Waals surface area contributed by atoms with Crippen molar-refractivity contribution >= 4 is 46.6 Å². The molecule has 0 N–H and O–H groups in total. The maximum Gasteiger partial charge on any atom is 0.307 e. The molecule has 1 amide bonds. The molecule has 1 saturated heterocycles. The van der Waals surface area contributed by atoms with Crippen LogP contribution in [0, 0.1) is 0 Å². The quantitative estimate of drug-likeness (QED) is 0.783. The van der Waals surface area contributed by atoms with E-state index in [0.717, 1.165) is 4.88 Å². The zero-order valence-electron chi connectivity index (χ0n) is 10.4. The number of hydrogen-bond acceptors (Lipinski definition) is 5. The lowest BCUT2D eigenvalue weighted by Gasteiger charge is -2.22. The molecule has 1 fully saturated rings. The van der Waals surface area contributed by atoms with Gasteiger partial charge in [0.1, 0.15) is 5.37 Å². The van der Waals surface area contributed by atoms with E-state index in [4.69, 9.17) is 16.3 Å². The largest absolute Gasteiger partial charge is 0.466 e. The fraction of sp³-hybridized carbons (Fsp3) is 0.500. The van der Waals surface area contributed by atoms with Gasteiger partial charge in [-0.15, -0.1) is 23.1 Å². The van der Waals surface area contributed by atoms with Crippen molar-refractivity contribution in [2.45, 2.75) is 18.7 Å². The summed E-state index contributed by atoms with van der Waals surface area (Å²) in [5, 5.41) is -0.0283. The third-order valence-corrected chi connectivity index (χ3v) is 5.34. The Hall–Kier alpha value is -0.720. The zero-order valence-corrected chi connectivity index (χ0v) is 12.8. The summed E-state index contributed by atoms with van der Waals surface area (Å²) in [6.45, 7) is 2.53. The molecule has 4 nitrogen and oxygen atoms in total. The van der Waals surface area contributed by atoms with E-state index in [-0.39, 0.29) is 23.7 Å². The summed E-state index contributed by atoms with van der Waals surface area (Å²) in [4.78, 5) is 26.0. The first-order chi connectivity index (χ1) is 9.11. The Labute approximate surface area is 125 Å². The molecule has 1 atom stereocenters. The van der Waals surface area contributed by atoms with Crippen molar-refractivity contribution < 1.29 is 14.3 Å². The number of hydrogen-bond donors (Lipinski definition) is 0. The molecule has 0 saturated carbocycles. The molecule has 2 rings (SSSR count). The van der Waals surface area contributed by atoms with E-state index in [1.54, 1.807) is 23.6 Å². The van der Waals surface area contributed by atoms with Gasteiger partial charge in [0, 0.05) is 11.4 Å². The van der Waals surface area contributed by atoms with E-state index in [1.807, 2.05) is 12.1 Å². The van der Waals surface area contributed by atoms with Crippen LogP contribution in [-0.4, -0.2) is 35.7 Å². The molecule has 1 aromatic rings. The second kappa shape index (κ2) is 6.63. The number of ether oxygens (including phenoxy) is 1. The number of thiophene rings is 1. The minimum atomic E-state index is -0.268. The van der Waals surface area contributed by atoms with Gasteiger partial charge in [-0.3, -0.25) is 9.59 Å². The van der Waals surface area contributed by atoms with Crippen LogP contribution in [0.1, 0.15) is 23.6 Å². The number of rotatable bonds is 5. The predicted molar refractivity (Wildman–Crippen MR) is 77.5 cm³/mol. The van der Waals surface area contributed by atoms with Crippen LogP contribution >= 0.6 is 34.7 Å². The van der Waals surface area contributed by atoms with Crippen molar-refractivity contribution in [3.05, 3.63) is 21.3 Å². The number of carbonyl (C=O) groups excluding carboxylic acids is 2. The Bertz CT molecular complexity index is 477. The molecular formula is C12H14ClNO3S2. The maximum absolute atomic E-state index is 11.9. The van der Waals surface area contributed by atoms with Crippen LogP contribution in [0.5, 0.6) is 0 Å². The third kappa shape index (κ3) is 3.64. The SMILES string of the molecule is CCOC(=O)CCN1C(=O)CSC1c1ccc(Cl)s1. The molecule has 0 bridgehead atoms. The Morgan fingerprint density at radius 3 is 3.00 bits per heavy atom. The third-order valence-electron chi connectivity index (χ3n) is 2.67. The molecule has 7 heteroatoms. The lowest BCUT2D eigenvalue weighted by Crippen LogP contribution is -2.30. The van der Waals surface area contributed by atoms with E-state index in [1.165, 1.54) is 11.3 Å². The minimum Gasteiger partial charge on any atom is -0.466 e.